The van der Waals surface area contributed by atoms with Gasteiger partial charge in [0, 0.05) is 63.3 Å². The summed E-state index contributed by atoms with van der Waals surface area (Å²) in [4.78, 5) is 21.0. The number of piperazine rings is 1. The lowest BCUT2D eigenvalue weighted by molar-refractivity contribution is -0.164. The molecule has 3 rings (SSSR count). The number of benzene rings is 1. The van der Waals surface area contributed by atoms with Crippen LogP contribution in [0.25, 0.3) is 0 Å². The smallest absolute Gasteiger partial charge is 0.294 e. The van der Waals surface area contributed by atoms with Crippen molar-refractivity contribution in [2.24, 2.45) is 4.99 Å². The lowest BCUT2D eigenvalue weighted by atomic mass is 10.2. The number of nitrogens with zero attached hydrogens (tertiary/aromatic N) is 3. The van der Waals surface area contributed by atoms with Crippen molar-refractivity contribution in [2.75, 3.05) is 40.4 Å². The molecule has 134 valence electrons. The van der Waals surface area contributed by atoms with Crippen LogP contribution in [0.4, 0.5) is 0 Å². The van der Waals surface area contributed by atoms with E-state index in [0.717, 1.165) is 0 Å². The summed E-state index contributed by atoms with van der Waals surface area (Å²) in [6.07, 6.45) is 3.46. The van der Waals surface area contributed by atoms with E-state index in [2.05, 4.69) is 15.2 Å². The first-order valence-corrected chi connectivity index (χ1v) is 8.39. The fraction of sp³-hybridized carbons (Fsp3) is 0.412. The van der Waals surface area contributed by atoms with Gasteiger partial charge in [-0.2, -0.15) is 4.99 Å². The first kappa shape index (κ1) is 17.7. The molecule has 1 aromatic rings. The molecule has 1 fully saturated rings. The normalized spacial score (nSPS) is 19.4. The summed E-state index contributed by atoms with van der Waals surface area (Å²) in [7, 11) is 3.09. The zero-order valence-electron chi connectivity index (χ0n) is 14.2. The second-order valence-corrected chi connectivity index (χ2v) is 6.17. The maximum atomic E-state index is 12.6. The van der Waals surface area contributed by atoms with Crippen molar-refractivity contribution in [3.8, 4) is 0 Å². The molecule has 0 saturated carbocycles. The molecule has 1 saturated heterocycles. The summed E-state index contributed by atoms with van der Waals surface area (Å²) >= 11 is 5.88. The summed E-state index contributed by atoms with van der Waals surface area (Å²) in [6, 6.07) is 6.96. The van der Waals surface area contributed by atoms with E-state index in [1.54, 1.807) is 50.8 Å². The quantitative estimate of drug-likeness (QED) is 0.824. The van der Waals surface area contributed by atoms with E-state index in [-0.39, 0.29) is 5.91 Å². The highest BCUT2D eigenvalue weighted by Crippen LogP contribution is 2.19. The van der Waals surface area contributed by atoms with Gasteiger partial charge in [0.25, 0.3) is 11.8 Å². The topological polar surface area (TPSA) is 66.4 Å². The van der Waals surface area contributed by atoms with E-state index in [9.17, 15) is 4.79 Å². The zero-order valence-corrected chi connectivity index (χ0v) is 15.0. The maximum absolute atomic E-state index is 12.6. The molecule has 0 aliphatic carbocycles. The molecule has 0 radical (unpaired) electrons. The van der Waals surface area contributed by atoms with Crippen LogP contribution < -0.4 is 5.32 Å². The number of hydrogen-bond acceptors (Lipinski definition) is 6. The largest absolute Gasteiger partial charge is 0.339 e. The van der Waals surface area contributed by atoms with Gasteiger partial charge in [-0.1, -0.05) is 11.6 Å². The van der Waals surface area contributed by atoms with Crippen LogP contribution in [0.2, 0.25) is 5.02 Å². The second kappa shape index (κ2) is 7.43. The van der Waals surface area contributed by atoms with Crippen LogP contribution in [0.1, 0.15) is 10.4 Å². The van der Waals surface area contributed by atoms with E-state index >= 15 is 0 Å². The number of aliphatic imine (C=N–C) groups is 1. The number of halogens is 1. The molecule has 0 spiro atoms. The van der Waals surface area contributed by atoms with Crippen LogP contribution in [-0.2, 0) is 9.47 Å². The van der Waals surface area contributed by atoms with Gasteiger partial charge in [0.2, 0.25) is 5.96 Å². The number of methoxy groups -OCH3 is 2. The minimum absolute atomic E-state index is 0.0119. The Kier molecular flexibility index (Phi) is 5.27. The SMILES string of the molecule is COC1(OC)C=CNC(N2CCN(C(=O)c3ccc(Cl)cc3)CC2)=N1. The number of ether oxygens (including phenoxy) is 2. The average Bonchev–Trinajstić information content (AvgIpc) is 2.68. The molecule has 7 nitrogen and oxygen atoms in total. The van der Waals surface area contributed by atoms with Gasteiger partial charge in [-0.05, 0) is 24.3 Å². The Morgan fingerprint density at radius 3 is 2.40 bits per heavy atom. The van der Waals surface area contributed by atoms with Gasteiger partial charge in [0.05, 0.1) is 0 Å². The minimum Gasteiger partial charge on any atom is -0.339 e. The number of nitrogens with one attached hydrogen (secondary N) is 1. The number of amides is 1. The van der Waals surface area contributed by atoms with Crippen molar-refractivity contribution < 1.29 is 14.3 Å². The van der Waals surface area contributed by atoms with Gasteiger partial charge in [-0.15, -0.1) is 0 Å². The molecule has 8 heteroatoms. The number of hydrogen-bond donors (Lipinski definition) is 1. The van der Waals surface area contributed by atoms with Gasteiger partial charge in [-0.3, -0.25) is 4.79 Å². The molecule has 0 bridgehead atoms. The molecular weight excluding hydrogens is 344 g/mol. The third kappa shape index (κ3) is 3.78. The summed E-state index contributed by atoms with van der Waals surface area (Å²) in [5.74, 6) is -0.417. The van der Waals surface area contributed by atoms with Crippen LogP contribution in [0.3, 0.4) is 0 Å². The van der Waals surface area contributed by atoms with Gasteiger partial charge in [-0.25, -0.2) is 0 Å². The number of carbonyl (C=O) groups excluding carboxylic acids is 1. The average molecular weight is 365 g/mol. The Labute approximate surface area is 151 Å². The van der Waals surface area contributed by atoms with E-state index in [1.807, 2.05) is 4.90 Å². The molecular formula is C17H21ClN4O3. The fourth-order valence-corrected chi connectivity index (χ4v) is 2.93. The molecule has 0 atom stereocenters. The van der Waals surface area contributed by atoms with Crippen molar-refractivity contribution in [1.82, 2.24) is 15.1 Å². The fourth-order valence-electron chi connectivity index (χ4n) is 2.81. The van der Waals surface area contributed by atoms with Gasteiger partial charge >= 0.3 is 0 Å². The molecule has 2 aliphatic heterocycles. The first-order valence-electron chi connectivity index (χ1n) is 8.01. The highest BCUT2D eigenvalue weighted by Gasteiger charge is 2.32. The number of guanidine groups is 1. The van der Waals surface area contributed by atoms with E-state index in [4.69, 9.17) is 21.1 Å². The van der Waals surface area contributed by atoms with Crippen LogP contribution in [-0.4, -0.2) is 68.0 Å². The van der Waals surface area contributed by atoms with E-state index < -0.39 is 5.91 Å². The Hall–Kier alpha value is -2.09. The van der Waals surface area contributed by atoms with E-state index in [1.165, 1.54) is 0 Å². The van der Waals surface area contributed by atoms with E-state index in [0.29, 0.717) is 42.7 Å². The Morgan fingerprint density at radius 1 is 1.16 bits per heavy atom. The molecule has 1 N–H and O–H groups in total. The Morgan fingerprint density at radius 2 is 1.80 bits per heavy atom. The molecule has 1 amide bonds. The molecule has 25 heavy (non-hydrogen) atoms. The number of rotatable bonds is 3. The van der Waals surface area contributed by atoms with Gasteiger partial charge in [0.15, 0.2) is 0 Å². The van der Waals surface area contributed by atoms with Crippen molar-refractivity contribution in [3.05, 3.63) is 47.1 Å². The third-order valence-electron chi connectivity index (χ3n) is 4.31. The van der Waals surface area contributed by atoms with Crippen LogP contribution in [0.15, 0.2) is 41.5 Å². The highest BCUT2D eigenvalue weighted by atomic mass is 35.5. The summed E-state index contributed by atoms with van der Waals surface area (Å²) in [5.41, 5.74) is 0.645. The monoisotopic (exact) mass is 364 g/mol. The zero-order chi connectivity index (χ0) is 17.9. The molecule has 0 aromatic heterocycles. The Bertz CT molecular complexity index is 678. The summed E-state index contributed by atoms with van der Waals surface area (Å²) in [5, 5.41) is 3.73. The molecule has 2 heterocycles. The maximum Gasteiger partial charge on any atom is 0.294 e. The van der Waals surface area contributed by atoms with Gasteiger partial charge < -0.3 is 24.6 Å². The first-order chi connectivity index (χ1) is 12.1. The highest BCUT2D eigenvalue weighted by molar-refractivity contribution is 6.30. The van der Waals surface area contributed by atoms with Crippen molar-refractivity contribution in [2.45, 2.75) is 5.91 Å². The van der Waals surface area contributed by atoms with Crippen molar-refractivity contribution >= 4 is 23.5 Å². The number of carbonyl (C=O) groups is 1. The summed E-state index contributed by atoms with van der Waals surface area (Å²) < 4.78 is 10.7. The standard InChI is InChI=1S/C17H21ClN4O3/c1-24-17(25-2)7-8-19-16(20-17)22-11-9-21(10-12-22)15(23)13-3-5-14(18)6-4-13/h3-8H,9-12H2,1-2H3,(H,19,20). The molecule has 2 aliphatic rings. The predicted molar refractivity (Wildman–Crippen MR) is 95.4 cm³/mol. The Balaban J connectivity index is 1.63. The van der Waals surface area contributed by atoms with Gasteiger partial charge in [0.1, 0.15) is 0 Å². The molecule has 0 unspecified atom stereocenters. The lowest BCUT2D eigenvalue weighted by Gasteiger charge is -2.38. The molecule has 1 aromatic carbocycles. The second-order valence-electron chi connectivity index (χ2n) is 5.74. The lowest BCUT2D eigenvalue weighted by Crippen LogP contribution is -2.54. The summed E-state index contributed by atoms with van der Waals surface area (Å²) in [6.45, 7) is 2.56. The third-order valence-corrected chi connectivity index (χ3v) is 4.56. The van der Waals surface area contributed by atoms with Crippen molar-refractivity contribution in [1.29, 1.82) is 0 Å². The van der Waals surface area contributed by atoms with Crippen LogP contribution in [0.5, 0.6) is 0 Å². The van der Waals surface area contributed by atoms with Crippen molar-refractivity contribution in [3.63, 3.8) is 0 Å². The van der Waals surface area contributed by atoms with Crippen LogP contribution in [0, 0.1) is 0 Å². The predicted octanol–water partition coefficient (Wildman–Crippen LogP) is 1.52. The van der Waals surface area contributed by atoms with Crippen LogP contribution >= 0.6 is 11.6 Å². The minimum atomic E-state index is -1.10.